The normalized spacial score (nSPS) is 29.6. The molecular weight excluding hydrogens is 488 g/mol. The fraction of sp³-hybridized carbons (Fsp3) is 0.424. The van der Waals surface area contributed by atoms with E-state index in [1.807, 2.05) is 18.0 Å². The Balaban J connectivity index is 1.21. The number of phenols is 1. The molecule has 39 heavy (non-hydrogen) atoms. The van der Waals surface area contributed by atoms with Crippen molar-refractivity contribution < 1.29 is 19.1 Å². The lowest BCUT2D eigenvalue weighted by Gasteiger charge is -2.60. The maximum atomic E-state index is 13.3. The van der Waals surface area contributed by atoms with Gasteiger partial charge < -0.3 is 19.2 Å². The lowest BCUT2D eigenvalue weighted by molar-refractivity contribution is -0.135. The molecule has 2 aliphatic carbocycles. The highest BCUT2D eigenvalue weighted by molar-refractivity contribution is 5.91. The molecule has 2 aromatic carbocycles. The molecule has 2 aliphatic heterocycles. The van der Waals surface area contributed by atoms with E-state index in [2.05, 4.69) is 48.2 Å². The summed E-state index contributed by atoms with van der Waals surface area (Å²) in [6.45, 7) is 4.37. The summed E-state index contributed by atoms with van der Waals surface area (Å²) in [5, 5.41) is 10.9. The van der Waals surface area contributed by atoms with E-state index >= 15 is 0 Å². The second-order valence-electron chi connectivity index (χ2n) is 11.9. The molecule has 0 radical (unpaired) electrons. The molecule has 6 nitrogen and oxygen atoms in total. The molecule has 1 unspecified atom stereocenters. The number of nitrogens with zero attached hydrogens (tertiary/aromatic N) is 2. The number of hydrogen-bond donors (Lipinski definition) is 1. The number of piperidine rings is 1. The Morgan fingerprint density at radius 3 is 2.85 bits per heavy atom. The highest BCUT2D eigenvalue weighted by Crippen LogP contribution is 2.64. The van der Waals surface area contributed by atoms with Crippen LogP contribution in [0.1, 0.15) is 54.4 Å². The van der Waals surface area contributed by atoms with Crippen LogP contribution in [0.3, 0.4) is 0 Å². The van der Waals surface area contributed by atoms with Gasteiger partial charge in [0.2, 0.25) is 5.91 Å². The molecule has 1 aromatic heterocycles. The summed E-state index contributed by atoms with van der Waals surface area (Å²) < 4.78 is 11.9. The molecule has 6 heteroatoms. The molecule has 2 bridgehead atoms. The molecule has 1 N–H and O–H groups in total. The summed E-state index contributed by atoms with van der Waals surface area (Å²) in [5.74, 6) is 1.74. The average Bonchev–Trinajstić information content (AvgIpc) is 3.60. The summed E-state index contributed by atoms with van der Waals surface area (Å²) in [6, 6.07) is 16.9. The van der Waals surface area contributed by atoms with Crippen LogP contribution >= 0.6 is 0 Å². The topological polar surface area (TPSA) is 66.2 Å². The van der Waals surface area contributed by atoms with Crippen molar-refractivity contribution in [2.75, 3.05) is 20.1 Å². The molecule has 1 spiro atoms. The summed E-state index contributed by atoms with van der Waals surface area (Å²) in [6.07, 6.45) is 10.4. The maximum absolute atomic E-state index is 13.3. The van der Waals surface area contributed by atoms with E-state index in [0.717, 1.165) is 44.3 Å². The number of carbonyl (C=O) groups excluding carboxylic acids is 1. The van der Waals surface area contributed by atoms with Crippen molar-refractivity contribution in [3.05, 3.63) is 89.4 Å². The second-order valence-corrected chi connectivity index (χ2v) is 11.9. The molecular formula is C33H36N2O4. The van der Waals surface area contributed by atoms with Crippen molar-refractivity contribution in [2.45, 2.75) is 62.1 Å². The standard InChI is InChI=1S/C33H36N2O4/c1-21(23-6-4-3-5-7-23)19-35-16-15-33-25-10-11-26(34(2)29(37)13-8-22-14-17-38-20-22)32(33)39-31-28(36)12-9-24(30(31)33)18-27(25)35/h3-9,12-14,17,20-21,25-27,32,36H,10-11,15-16,18-19H2,1-2H3/t21?,25-,26+,27+,32-,33-/m0/s1. The van der Waals surface area contributed by atoms with Crippen LogP contribution < -0.4 is 4.74 Å². The van der Waals surface area contributed by atoms with Gasteiger partial charge >= 0.3 is 0 Å². The molecule has 7 rings (SSSR count). The minimum absolute atomic E-state index is 0.0402. The van der Waals surface area contributed by atoms with Gasteiger partial charge in [0.25, 0.3) is 0 Å². The fourth-order valence-corrected chi connectivity index (χ4v) is 8.28. The lowest BCUT2D eigenvalue weighted by Crippen LogP contribution is -2.69. The van der Waals surface area contributed by atoms with Crippen molar-refractivity contribution in [1.29, 1.82) is 0 Å². The van der Waals surface area contributed by atoms with Crippen molar-refractivity contribution >= 4 is 12.0 Å². The van der Waals surface area contributed by atoms with Crippen molar-refractivity contribution in [3.8, 4) is 11.5 Å². The van der Waals surface area contributed by atoms with Crippen LogP contribution in [0.5, 0.6) is 11.5 Å². The predicted octanol–water partition coefficient (Wildman–Crippen LogP) is 5.37. The van der Waals surface area contributed by atoms with E-state index in [1.165, 1.54) is 16.7 Å². The molecule has 1 saturated carbocycles. The van der Waals surface area contributed by atoms with Crippen molar-refractivity contribution in [1.82, 2.24) is 9.80 Å². The number of carbonyl (C=O) groups is 1. The number of phenolic OH excluding ortho intramolecular Hbond substituents is 1. The zero-order valence-corrected chi connectivity index (χ0v) is 22.6. The Kier molecular flexibility index (Phi) is 5.85. The smallest absolute Gasteiger partial charge is 0.246 e. The number of ether oxygens (including phenoxy) is 1. The Labute approximate surface area is 229 Å². The van der Waals surface area contributed by atoms with E-state index < -0.39 is 0 Å². The van der Waals surface area contributed by atoms with E-state index in [4.69, 9.17) is 9.15 Å². The Morgan fingerprint density at radius 2 is 2.05 bits per heavy atom. The third-order valence-electron chi connectivity index (χ3n) is 10.1. The Morgan fingerprint density at radius 1 is 1.21 bits per heavy atom. The number of likely N-dealkylation sites (N-methyl/N-ethyl adjacent to an activating group) is 1. The van der Waals surface area contributed by atoms with Crippen LogP contribution in [0, 0.1) is 5.92 Å². The zero-order valence-electron chi connectivity index (χ0n) is 22.6. The van der Waals surface area contributed by atoms with Gasteiger partial charge in [-0.3, -0.25) is 9.69 Å². The molecule has 3 aromatic rings. The van der Waals surface area contributed by atoms with Gasteiger partial charge in [-0.1, -0.05) is 43.3 Å². The number of rotatable bonds is 6. The summed E-state index contributed by atoms with van der Waals surface area (Å²) in [5.41, 5.74) is 4.60. The first kappa shape index (κ1) is 24.5. The molecule has 1 saturated heterocycles. The Bertz CT molecular complexity index is 1400. The van der Waals surface area contributed by atoms with Crippen LogP contribution in [0.4, 0.5) is 0 Å². The number of likely N-dealkylation sites (tertiary alicyclic amines) is 1. The number of aromatic hydroxyl groups is 1. The highest BCUT2D eigenvalue weighted by atomic mass is 16.5. The largest absolute Gasteiger partial charge is 0.504 e. The van der Waals surface area contributed by atoms with Crippen LogP contribution in [-0.2, 0) is 16.6 Å². The molecule has 6 atom stereocenters. The van der Waals surface area contributed by atoms with Crippen LogP contribution in [0.15, 0.2) is 71.6 Å². The third-order valence-corrected chi connectivity index (χ3v) is 10.1. The summed E-state index contributed by atoms with van der Waals surface area (Å²) >= 11 is 0. The first-order valence-corrected chi connectivity index (χ1v) is 14.3. The van der Waals surface area contributed by atoms with Gasteiger partial charge in [0, 0.05) is 42.3 Å². The van der Waals surface area contributed by atoms with Gasteiger partial charge in [0.05, 0.1) is 18.6 Å². The van der Waals surface area contributed by atoms with Crippen molar-refractivity contribution in [3.63, 3.8) is 0 Å². The van der Waals surface area contributed by atoms with Crippen LogP contribution in [0.25, 0.3) is 6.08 Å². The molecule has 4 aliphatic rings. The maximum Gasteiger partial charge on any atom is 0.246 e. The SMILES string of the molecule is CC(CN1CC[C@]23c4c5ccc(O)c4O[C@H]2[C@H](N(C)C(=O)C=Cc2ccoc2)CC[C@H]3[C@H]1C5)c1ccccc1. The number of amides is 1. The van der Waals surface area contributed by atoms with Gasteiger partial charge in [-0.05, 0) is 73.4 Å². The molecule has 202 valence electrons. The lowest BCUT2D eigenvalue weighted by atomic mass is 9.51. The Hall–Kier alpha value is -3.51. The van der Waals surface area contributed by atoms with Gasteiger partial charge in [-0.2, -0.15) is 0 Å². The van der Waals surface area contributed by atoms with Crippen molar-refractivity contribution in [2.24, 2.45) is 5.92 Å². The van der Waals surface area contributed by atoms with Gasteiger partial charge in [0.1, 0.15) is 6.10 Å². The predicted molar refractivity (Wildman–Crippen MR) is 150 cm³/mol. The van der Waals surface area contributed by atoms with E-state index in [0.29, 0.717) is 23.6 Å². The van der Waals surface area contributed by atoms with E-state index in [9.17, 15) is 9.90 Å². The van der Waals surface area contributed by atoms with Gasteiger partial charge in [0.15, 0.2) is 11.5 Å². The number of furan rings is 1. The minimum atomic E-state index is -0.176. The van der Waals surface area contributed by atoms with Gasteiger partial charge in [-0.25, -0.2) is 0 Å². The summed E-state index contributed by atoms with van der Waals surface area (Å²) in [7, 11) is 1.90. The first-order chi connectivity index (χ1) is 19.0. The summed E-state index contributed by atoms with van der Waals surface area (Å²) in [4.78, 5) is 17.9. The fourth-order valence-electron chi connectivity index (χ4n) is 8.28. The number of benzene rings is 2. The molecule has 1 amide bonds. The van der Waals surface area contributed by atoms with E-state index in [1.54, 1.807) is 30.7 Å². The second kappa shape index (κ2) is 9.30. The van der Waals surface area contributed by atoms with Gasteiger partial charge in [-0.15, -0.1) is 0 Å². The molecule has 2 fully saturated rings. The van der Waals surface area contributed by atoms with E-state index in [-0.39, 0.29) is 29.2 Å². The monoisotopic (exact) mass is 524 g/mol. The average molecular weight is 525 g/mol. The quantitative estimate of drug-likeness (QED) is 0.440. The zero-order chi connectivity index (χ0) is 26.7. The van der Waals surface area contributed by atoms with Crippen LogP contribution in [0.2, 0.25) is 0 Å². The number of hydrogen-bond acceptors (Lipinski definition) is 5. The minimum Gasteiger partial charge on any atom is -0.504 e. The highest BCUT2D eigenvalue weighted by Gasteiger charge is 2.66. The molecule has 3 heterocycles. The third kappa shape index (κ3) is 3.75. The first-order valence-electron chi connectivity index (χ1n) is 14.3. The van der Waals surface area contributed by atoms with Crippen LogP contribution in [-0.4, -0.2) is 59.1 Å².